The van der Waals surface area contributed by atoms with Crippen molar-refractivity contribution in [1.29, 1.82) is 0 Å². The Kier molecular flexibility index (Phi) is 3.96. The number of ether oxygens (including phenoxy) is 2. The molecular weight excluding hydrogens is 230 g/mol. The number of benzene rings is 1. The summed E-state index contributed by atoms with van der Waals surface area (Å²) in [6, 6.07) is 9.53. The van der Waals surface area contributed by atoms with Crippen molar-refractivity contribution in [2.75, 3.05) is 19.5 Å². The molecule has 18 heavy (non-hydrogen) atoms. The summed E-state index contributed by atoms with van der Waals surface area (Å²) in [6.07, 6.45) is 1.65. The van der Waals surface area contributed by atoms with E-state index in [-0.39, 0.29) is 0 Å². The third-order valence-electron chi connectivity index (χ3n) is 2.45. The monoisotopic (exact) mass is 245 g/mol. The fraction of sp³-hybridized carbons (Fsp3) is 0.231. The van der Waals surface area contributed by atoms with Crippen molar-refractivity contribution in [1.82, 2.24) is 9.97 Å². The minimum atomic E-state index is 0.544. The third-order valence-corrected chi connectivity index (χ3v) is 2.45. The van der Waals surface area contributed by atoms with Gasteiger partial charge in [-0.05, 0) is 17.7 Å². The van der Waals surface area contributed by atoms with Crippen LogP contribution in [0.3, 0.4) is 0 Å². The number of hydrogen-bond donors (Lipinski definition) is 1. The van der Waals surface area contributed by atoms with E-state index >= 15 is 0 Å². The molecule has 0 unspecified atom stereocenters. The first-order valence-corrected chi connectivity index (χ1v) is 5.55. The molecule has 1 heterocycles. The van der Waals surface area contributed by atoms with E-state index in [1.165, 1.54) is 0 Å². The van der Waals surface area contributed by atoms with Crippen LogP contribution in [0.5, 0.6) is 11.6 Å². The van der Waals surface area contributed by atoms with E-state index in [0.29, 0.717) is 18.4 Å². The molecule has 2 aromatic rings. The van der Waals surface area contributed by atoms with Crippen molar-refractivity contribution in [2.24, 2.45) is 0 Å². The van der Waals surface area contributed by atoms with Crippen LogP contribution >= 0.6 is 0 Å². The second-order valence-electron chi connectivity index (χ2n) is 3.62. The van der Waals surface area contributed by atoms with Crippen LogP contribution in [0, 0.1) is 0 Å². The van der Waals surface area contributed by atoms with Gasteiger partial charge in [-0.15, -0.1) is 0 Å². The lowest BCUT2D eigenvalue weighted by Gasteiger charge is -2.06. The highest BCUT2D eigenvalue weighted by Gasteiger charge is 1.99. The van der Waals surface area contributed by atoms with Gasteiger partial charge in [-0.1, -0.05) is 12.1 Å². The molecule has 0 spiro atoms. The fourth-order valence-electron chi connectivity index (χ4n) is 1.47. The van der Waals surface area contributed by atoms with Gasteiger partial charge in [-0.25, -0.2) is 4.98 Å². The maximum absolute atomic E-state index is 5.10. The first-order chi connectivity index (χ1) is 8.81. The molecular formula is C13H15N3O2. The van der Waals surface area contributed by atoms with Gasteiger partial charge in [0.2, 0.25) is 11.8 Å². The summed E-state index contributed by atoms with van der Waals surface area (Å²) in [7, 11) is 3.23. The minimum absolute atomic E-state index is 0.544. The van der Waals surface area contributed by atoms with Gasteiger partial charge < -0.3 is 14.8 Å². The second kappa shape index (κ2) is 5.86. The van der Waals surface area contributed by atoms with E-state index in [0.717, 1.165) is 11.3 Å². The molecule has 0 fully saturated rings. The molecule has 5 heteroatoms. The highest BCUT2D eigenvalue weighted by atomic mass is 16.5. The molecule has 0 radical (unpaired) electrons. The van der Waals surface area contributed by atoms with Gasteiger partial charge in [0, 0.05) is 18.8 Å². The van der Waals surface area contributed by atoms with Crippen LogP contribution in [0.25, 0.3) is 0 Å². The van der Waals surface area contributed by atoms with Crippen LogP contribution in [-0.4, -0.2) is 24.2 Å². The van der Waals surface area contributed by atoms with Crippen molar-refractivity contribution >= 4 is 5.95 Å². The number of aromatic nitrogens is 2. The van der Waals surface area contributed by atoms with Crippen molar-refractivity contribution in [3.05, 3.63) is 42.1 Å². The normalized spacial score (nSPS) is 9.89. The van der Waals surface area contributed by atoms with Crippen LogP contribution in [0.15, 0.2) is 36.5 Å². The topological polar surface area (TPSA) is 56.3 Å². The van der Waals surface area contributed by atoms with E-state index in [2.05, 4.69) is 15.3 Å². The second-order valence-corrected chi connectivity index (χ2v) is 3.62. The molecule has 94 valence electrons. The zero-order chi connectivity index (χ0) is 12.8. The molecule has 0 aliphatic carbocycles. The summed E-state index contributed by atoms with van der Waals surface area (Å²) in [6.45, 7) is 0.650. The lowest BCUT2D eigenvalue weighted by Crippen LogP contribution is -2.04. The predicted octanol–water partition coefficient (Wildman–Crippen LogP) is 2.11. The van der Waals surface area contributed by atoms with E-state index < -0.39 is 0 Å². The Labute approximate surface area is 106 Å². The first kappa shape index (κ1) is 12.2. The molecule has 1 aromatic carbocycles. The molecule has 5 nitrogen and oxygen atoms in total. The summed E-state index contributed by atoms with van der Waals surface area (Å²) in [5.41, 5.74) is 1.13. The van der Waals surface area contributed by atoms with Crippen LogP contribution in [-0.2, 0) is 6.54 Å². The molecule has 0 saturated heterocycles. The lowest BCUT2D eigenvalue weighted by molar-refractivity contribution is 0.397. The SMILES string of the molecule is COc1ccc(CNc2nccc(OC)n2)cc1. The standard InChI is InChI=1S/C13H15N3O2/c1-17-11-5-3-10(4-6-11)9-15-13-14-8-7-12(16-13)18-2/h3-8H,9H2,1-2H3,(H,14,15,16). The maximum Gasteiger partial charge on any atom is 0.226 e. The Morgan fingerprint density at radius 3 is 2.50 bits per heavy atom. The van der Waals surface area contributed by atoms with Crippen LogP contribution in [0.4, 0.5) is 5.95 Å². The molecule has 1 N–H and O–H groups in total. The zero-order valence-electron chi connectivity index (χ0n) is 10.4. The molecule has 0 atom stereocenters. The molecule has 0 bridgehead atoms. The molecule has 0 aliphatic heterocycles. The first-order valence-electron chi connectivity index (χ1n) is 5.55. The number of rotatable bonds is 5. The summed E-state index contributed by atoms with van der Waals surface area (Å²) >= 11 is 0. The number of nitrogens with one attached hydrogen (secondary N) is 1. The predicted molar refractivity (Wildman–Crippen MR) is 68.9 cm³/mol. The third kappa shape index (κ3) is 3.10. The van der Waals surface area contributed by atoms with E-state index in [4.69, 9.17) is 9.47 Å². The Hall–Kier alpha value is -2.30. The van der Waals surface area contributed by atoms with Gasteiger partial charge in [-0.3, -0.25) is 0 Å². The minimum Gasteiger partial charge on any atom is -0.497 e. The smallest absolute Gasteiger partial charge is 0.226 e. The summed E-state index contributed by atoms with van der Waals surface area (Å²) in [5.74, 6) is 1.93. The van der Waals surface area contributed by atoms with Gasteiger partial charge in [0.15, 0.2) is 0 Å². The van der Waals surface area contributed by atoms with Crippen molar-refractivity contribution in [2.45, 2.75) is 6.54 Å². The number of hydrogen-bond acceptors (Lipinski definition) is 5. The van der Waals surface area contributed by atoms with Crippen LogP contribution in [0.2, 0.25) is 0 Å². The summed E-state index contributed by atoms with van der Waals surface area (Å²) in [5, 5.41) is 3.13. The number of nitrogens with zero attached hydrogens (tertiary/aromatic N) is 2. The summed E-state index contributed by atoms with van der Waals surface area (Å²) < 4.78 is 10.1. The number of anilines is 1. The van der Waals surface area contributed by atoms with Crippen molar-refractivity contribution in [3.63, 3.8) is 0 Å². The maximum atomic E-state index is 5.10. The highest BCUT2D eigenvalue weighted by Crippen LogP contribution is 2.13. The van der Waals surface area contributed by atoms with Gasteiger partial charge in [0.25, 0.3) is 0 Å². The van der Waals surface area contributed by atoms with E-state index in [1.54, 1.807) is 26.5 Å². The van der Waals surface area contributed by atoms with Crippen molar-refractivity contribution in [3.8, 4) is 11.6 Å². The quantitative estimate of drug-likeness (QED) is 0.874. The fourth-order valence-corrected chi connectivity index (χ4v) is 1.47. The van der Waals surface area contributed by atoms with Crippen LogP contribution in [0.1, 0.15) is 5.56 Å². The molecule has 0 saturated carbocycles. The van der Waals surface area contributed by atoms with Gasteiger partial charge in [0.1, 0.15) is 5.75 Å². The Balaban J connectivity index is 1.97. The number of methoxy groups -OCH3 is 2. The molecule has 0 amide bonds. The Morgan fingerprint density at radius 2 is 1.83 bits per heavy atom. The van der Waals surface area contributed by atoms with Crippen molar-refractivity contribution < 1.29 is 9.47 Å². The average molecular weight is 245 g/mol. The van der Waals surface area contributed by atoms with Gasteiger partial charge >= 0.3 is 0 Å². The molecule has 1 aromatic heterocycles. The Morgan fingerprint density at radius 1 is 1.06 bits per heavy atom. The lowest BCUT2D eigenvalue weighted by atomic mass is 10.2. The van der Waals surface area contributed by atoms with E-state index in [9.17, 15) is 0 Å². The molecule has 2 rings (SSSR count). The average Bonchev–Trinajstić information content (AvgIpc) is 2.46. The zero-order valence-corrected chi connectivity index (χ0v) is 10.4. The highest BCUT2D eigenvalue weighted by molar-refractivity contribution is 5.32. The van der Waals surface area contributed by atoms with E-state index in [1.807, 2.05) is 24.3 Å². The van der Waals surface area contributed by atoms with Gasteiger partial charge in [-0.2, -0.15) is 4.98 Å². The van der Waals surface area contributed by atoms with Gasteiger partial charge in [0.05, 0.1) is 14.2 Å². The Bertz CT molecular complexity index is 500. The molecule has 0 aliphatic rings. The largest absolute Gasteiger partial charge is 0.497 e. The summed E-state index contributed by atoms with van der Waals surface area (Å²) in [4.78, 5) is 8.28. The van der Waals surface area contributed by atoms with Crippen LogP contribution < -0.4 is 14.8 Å².